The van der Waals surface area contributed by atoms with Gasteiger partial charge in [0.15, 0.2) is 0 Å². The highest BCUT2D eigenvalue weighted by Gasteiger charge is 2.29. The molecule has 6 heteroatoms. The lowest BCUT2D eigenvalue weighted by Crippen LogP contribution is -2.41. The number of carbonyl (C=O) groups excluding carboxylic acids is 2. The average Bonchev–Trinajstić information content (AvgIpc) is 3.10. The van der Waals surface area contributed by atoms with Gasteiger partial charge in [-0.25, -0.2) is 0 Å². The predicted octanol–water partition coefficient (Wildman–Crippen LogP) is 4.49. The third-order valence-corrected chi connectivity index (χ3v) is 6.83. The molecule has 1 aliphatic carbocycles. The Morgan fingerprint density at radius 3 is 2.59 bits per heavy atom. The first-order valence-corrected chi connectivity index (χ1v) is 11.0. The Morgan fingerprint density at radius 1 is 1.14 bits per heavy atom. The van der Waals surface area contributed by atoms with Gasteiger partial charge in [0, 0.05) is 23.9 Å². The van der Waals surface area contributed by atoms with E-state index in [2.05, 4.69) is 17.5 Å². The fourth-order valence-corrected chi connectivity index (χ4v) is 5.10. The molecule has 152 valence electrons. The van der Waals surface area contributed by atoms with E-state index in [1.807, 2.05) is 42.2 Å². The van der Waals surface area contributed by atoms with Crippen LogP contribution in [-0.2, 0) is 9.53 Å². The third-order valence-electron chi connectivity index (χ3n) is 5.57. The molecular formula is C23H26N2O3S. The van der Waals surface area contributed by atoms with Gasteiger partial charge in [0.2, 0.25) is 5.91 Å². The van der Waals surface area contributed by atoms with Gasteiger partial charge in [0.25, 0.3) is 5.91 Å². The van der Waals surface area contributed by atoms with Crippen molar-refractivity contribution < 1.29 is 14.3 Å². The van der Waals surface area contributed by atoms with Crippen molar-refractivity contribution in [1.82, 2.24) is 4.90 Å². The molecule has 0 radical (unpaired) electrons. The maximum Gasteiger partial charge on any atom is 0.257 e. The zero-order chi connectivity index (χ0) is 20.2. The summed E-state index contributed by atoms with van der Waals surface area (Å²) < 4.78 is 5.40. The Labute approximate surface area is 175 Å². The maximum absolute atomic E-state index is 13.4. The van der Waals surface area contributed by atoms with Crippen LogP contribution in [0.4, 0.5) is 5.00 Å². The van der Waals surface area contributed by atoms with E-state index < -0.39 is 0 Å². The predicted molar refractivity (Wildman–Crippen MR) is 116 cm³/mol. The van der Waals surface area contributed by atoms with Crippen molar-refractivity contribution in [3.05, 3.63) is 53.6 Å². The number of hydrogen-bond donors (Lipinski definition) is 1. The Morgan fingerprint density at radius 2 is 1.90 bits per heavy atom. The fourth-order valence-electron chi connectivity index (χ4n) is 3.89. The van der Waals surface area contributed by atoms with Crippen LogP contribution in [0.15, 0.2) is 42.5 Å². The SMILES string of the molecule is Cc1c(-c2ccccc2)sc(NC(=O)[C@H]2CC=CCC2)c1C(=O)N1CCOCC1. The molecule has 1 aliphatic heterocycles. The summed E-state index contributed by atoms with van der Waals surface area (Å²) >= 11 is 1.50. The number of rotatable bonds is 4. The highest BCUT2D eigenvalue weighted by Crippen LogP contribution is 2.41. The number of nitrogens with one attached hydrogen (secondary N) is 1. The van der Waals surface area contributed by atoms with Crippen LogP contribution in [0.3, 0.4) is 0 Å². The number of anilines is 1. The molecule has 2 aliphatic rings. The molecule has 1 aromatic heterocycles. The second-order valence-corrected chi connectivity index (χ2v) is 8.52. The molecule has 0 bridgehead atoms. The van der Waals surface area contributed by atoms with Gasteiger partial charge in [0.1, 0.15) is 5.00 Å². The van der Waals surface area contributed by atoms with Crippen molar-refractivity contribution in [2.75, 3.05) is 31.6 Å². The number of thiophene rings is 1. The smallest absolute Gasteiger partial charge is 0.257 e. The standard InChI is InChI=1S/C23H26N2O3S/c1-16-19(23(27)25-12-14-28-15-13-25)22(24-21(26)18-10-6-3-7-11-18)29-20(16)17-8-4-2-5-9-17/h2-6,8-9,18H,7,10-15H2,1H3,(H,24,26)/t18-/m0/s1. The molecule has 4 rings (SSSR count). The summed E-state index contributed by atoms with van der Waals surface area (Å²) in [6.45, 7) is 4.24. The van der Waals surface area contributed by atoms with Gasteiger partial charge < -0.3 is 15.0 Å². The average molecular weight is 411 g/mol. The number of amides is 2. The topological polar surface area (TPSA) is 58.6 Å². The summed E-state index contributed by atoms with van der Waals surface area (Å²) in [5.74, 6) is -0.0526. The lowest BCUT2D eigenvalue weighted by atomic mass is 9.93. The van der Waals surface area contributed by atoms with E-state index >= 15 is 0 Å². The van der Waals surface area contributed by atoms with Gasteiger partial charge >= 0.3 is 0 Å². The highest BCUT2D eigenvalue weighted by molar-refractivity contribution is 7.20. The van der Waals surface area contributed by atoms with Crippen molar-refractivity contribution in [2.24, 2.45) is 5.92 Å². The Balaban J connectivity index is 1.68. The molecule has 1 atom stereocenters. The largest absolute Gasteiger partial charge is 0.378 e. The molecule has 1 N–H and O–H groups in total. The third kappa shape index (κ3) is 4.28. The van der Waals surface area contributed by atoms with Crippen LogP contribution in [0.1, 0.15) is 35.2 Å². The summed E-state index contributed by atoms with van der Waals surface area (Å²) in [7, 11) is 0. The molecular weight excluding hydrogens is 384 g/mol. The highest BCUT2D eigenvalue weighted by atomic mass is 32.1. The zero-order valence-electron chi connectivity index (χ0n) is 16.6. The van der Waals surface area contributed by atoms with Gasteiger partial charge in [-0.2, -0.15) is 0 Å². The van der Waals surface area contributed by atoms with E-state index in [1.165, 1.54) is 11.3 Å². The molecule has 1 aromatic carbocycles. The van der Waals surface area contributed by atoms with Gasteiger partial charge in [-0.05, 0) is 37.3 Å². The van der Waals surface area contributed by atoms with E-state index in [1.54, 1.807) is 0 Å². The first kappa shape index (κ1) is 19.9. The summed E-state index contributed by atoms with van der Waals surface area (Å²) in [6, 6.07) is 10.0. The second kappa shape index (κ2) is 8.93. The molecule has 1 saturated heterocycles. The zero-order valence-corrected chi connectivity index (χ0v) is 17.5. The minimum Gasteiger partial charge on any atom is -0.378 e. The Hall–Kier alpha value is -2.44. The molecule has 0 saturated carbocycles. The van der Waals surface area contributed by atoms with Crippen molar-refractivity contribution in [1.29, 1.82) is 0 Å². The van der Waals surface area contributed by atoms with Gasteiger partial charge in [0.05, 0.1) is 18.8 Å². The van der Waals surface area contributed by atoms with Gasteiger partial charge in [-0.15, -0.1) is 11.3 Å². The van der Waals surface area contributed by atoms with Crippen LogP contribution in [0.5, 0.6) is 0 Å². The number of ether oxygens (including phenoxy) is 1. The molecule has 2 aromatic rings. The van der Waals surface area contributed by atoms with Crippen molar-refractivity contribution in [3.63, 3.8) is 0 Å². The number of carbonyl (C=O) groups is 2. The maximum atomic E-state index is 13.4. The van der Waals surface area contributed by atoms with Gasteiger partial charge in [-0.1, -0.05) is 42.5 Å². The minimum atomic E-state index is -0.0334. The normalized spacial score (nSPS) is 19.2. The summed E-state index contributed by atoms with van der Waals surface area (Å²) in [4.78, 5) is 29.1. The van der Waals surface area contributed by atoms with E-state index in [0.717, 1.165) is 35.3 Å². The second-order valence-electron chi connectivity index (χ2n) is 7.50. The molecule has 1 fully saturated rings. The first-order valence-electron chi connectivity index (χ1n) is 10.2. The molecule has 5 nitrogen and oxygen atoms in total. The van der Waals surface area contributed by atoms with Crippen molar-refractivity contribution >= 4 is 28.2 Å². The van der Waals surface area contributed by atoms with Crippen LogP contribution in [0.2, 0.25) is 0 Å². The molecule has 0 unspecified atom stereocenters. The number of nitrogens with zero attached hydrogens (tertiary/aromatic N) is 1. The monoisotopic (exact) mass is 410 g/mol. The van der Waals surface area contributed by atoms with Crippen molar-refractivity contribution in [2.45, 2.75) is 26.2 Å². The Bertz CT molecular complexity index is 914. The van der Waals surface area contributed by atoms with E-state index in [9.17, 15) is 9.59 Å². The fraction of sp³-hybridized carbons (Fsp3) is 0.391. The molecule has 2 amide bonds. The van der Waals surface area contributed by atoms with Crippen LogP contribution >= 0.6 is 11.3 Å². The quantitative estimate of drug-likeness (QED) is 0.756. The van der Waals surface area contributed by atoms with Crippen LogP contribution < -0.4 is 5.32 Å². The van der Waals surface area contributed by atoms with Crippen LogP contribution in [-0.4, -0.2) is 43.0 Å². The Kier molecular flexibility index (Phi) is 6.11. The number of benzene rings is 1. The summed E-state index contributed by atoms with van der Waals surface area (Å²) in [6.07, 6.45) is 6.73. The molecule has 2 heterocycles. The number of hydrogen-bond acceptors (Lipinski definition) is 4. The molecule has 0 spiro atoms. The number of allylic oxidation sites excluding steroid dienone is 2. The van der Waals surface area contributed by atoms with E-state index in [-0.39, 0.29) is 17.7 Å². The molecule has 29 heavy (non-hydrogen) atoms. The lowest BCUT2D eigenvalue weighted by molar-refractivity contribution is -0.120. The lowest BCUT2D eigenvalue weighted by Gasteiger charge is -2.27. The van der Waals surface area contributed by atoms with E-state index in [0.29, 0.717) is 36.9 Å². The number of morpholine rings is 1. The van der Waals surface area contributed by atoms with Crippen molar-refractivity contribution in [3.8, 4) is 10.4 Å². The summed E-state index contributed by atoms with van der Waals surface area (Å²) in [5.41, 5.74) is 2.61. The summed E-state index contributed by atoms with van der Waals surface area (Å²) in [5, 5.41) is 3.76. The van der Waals surface area contributed by atoms with Crippen LogP contribution in [0, 0.1) is 12.8 Å². The minimum absolute atomic E-state index is 0.00578. The van der Waals surface area contributed by atoms with Crippen LogP contribution in [0.25, 0.3) is 10.4 Å². The van der Waals surface area contributed by atoms with E-state index in [4.69, 9.17) is 4.74 Å². The first-order chi connectivity index (χ1) is 14.1. The van der Waals surface area contributed by atoms with Gasteiger partial charge in [-0.3, -0.25) is 9.59 Å².